The van der Waals surface area contributed by atoms with Crippen LogP contribution in [0.15, 0.2) is 40.9 Å². The lowest BCUT2D eigenvalue weighted by molar-refractivity contribution is -0.111. The Morgan fingerprint density at radius 3 is 2.62 bits per heavy atom. The Balaban J connectivity index is 1.32. The van der Waals surface area contributed by atoms with Gasteiger partial charge in [0.25, 0.3) is 15.9 Å². The number of hydrogen-bond acceptors (Lipinski definition) is 9. The number of hydrogen-bond donors (Lipinski definition) is 3. The molecule has 32 heavy (non-hydrogen) atoms. The second-order valence-electron chi connectivity index (χ2n) is 7.37. The molecule has 1 fully saturated rings. The van der Waals surface area contributed by atoms with Crippen LogP contribution >= 0.6 is 11.3 Å². The molecule has 2 heterocycles. The van der Waals surface area contributed by atoms with Crippen LogP contribution in [0.2, 0.25) is 0 Å². The van der Waals surface area contributed by atoms with Gasteiger partial charge in [-0.05, 0) is 50.0 Å². The normalized spacial score (nSPS) is 15.0. The lowest BCUT2D eigenvalue weighted by atomic mass is 10.1. The van der Waals surface area contributed by atoms with Crippen LogP contribution in [0.5, 0.6) is 5.75 Å². The number of ether oxygens (including phenoxy) is 1. The van der Waals surface area contributed by atoms with Crippen molar-refractivity contribution >= 4 is 32.4 Å². The highest BCUT2D eigenvalue weighted by Crippen LogP contribution is 2.18. The van der Waals surface area contributed by atoms with Gasteiger partial charge in [-0.2, -0.15) is 0 Å². The van der Waals surface area contributed by atoms with Crippen LogP contribution in [0.25, 0.3) is 0 Å². The van der Waals surface area contributed by atoms with Gasteiger partial charge in [0, 0.05) is 25.4 Å². The van der Waals surface area contributed by atoms with E-state index in [1.54, 1.807) is 0 Å². The summed E-state index contributed by atoms with van der Waals surface area (Å²) in [6.45, 7) is 4.75. The highest BCUT2D eigenvalue weighted by atomic mass is 32.2. The van der Waals surface area contributed by atoms with Gasteiger partial charge in [-0.1, -0.05) is 29.9 Å². The minimum Gasteiger partial charge on any atom is -0.494 e. The summed E-state index contributed by atoms with van der Waals surface area (Å²) in [5.41, 5.74) is 1.04. The monoisotopic (exact) mass is 480 g/mol. The first-order valence-corrected chi connectivity index (χ1v) is 12.8. The van der Waals surface area contributed by atoms with Gasteiger partial charge in [-0.15, -0.1) is 10.2 Å². The fraction of sp³-hybridized carbons (Fsp3) is 0.450. The molecule has 3 rings (SSSR count). The molecule has 1 saturated heterocycles. The number of benzene rings is 1. The van der Waals surface area contributed by atoms with Crippen molar-refractivity contribution in [2.75, 3.05) is 31.6 Å². The van der Waals surface area contributed by atoms with Gasteiger partial charge in [0.2, 0.25) is 9.47 Å². The molecular formula is C20H28N6O4S2. The van der Waals surface area contributed by atoms with Gasteiger partial charge < -0.3 is 15.0 Å². The van der Waals surface area contributed by atoms with Crippen molar-refractivity contribution in [1.29, 1.82) is 0 Å². The molecular weight excluding hydrogens is 452 g/mol. The average Bonchev–Trinajstić information content (AvgIpc) is 3.25. The number of sulfonamides is 1. The lowest BCUT2D eigenvalue weighted by Crippen LogP contribution is -2.31. The fourth-order valence-corrected chi connectivity index (χ4v) is 4.53. The summed E-state index contributed by atoms with van der Waals surface area (Å²) in [5.74, 6) is 0.376. The SMILES string of the molecule is NS(=O)(=O)c1nnc(NC(=O)C=CNCc2ccc(OCCCN3CCCCC3)cc2)s1. The van der Waals surface area contributed by atoms with E-state index < -0.39 is 15.9 Å². The third-order valence-electron chi connectivity index (χ3n) is 4.80. The molecule has 0 unspecified atom stereocenters. The zero-order valence-corrected chi connectivity index (χ0v) is 19.3. The Labute approximate surface area is 191 Å². The van der Waals surface area contributed by atoms with E-state index in [1.165, 1.54) is 44.6 Å². The van der Waals surface area contributed by atoms with Gasteiger partial charge in [-0.3, -0.25) is 10.1 Å². The van der Waals surface area contributed by atoms with Crippen LogP contribution in [0.4, 0.5) is 5.13 Å². The third-order valence-corrected chi connectivity index (χ3v) is 6.95. The number of carbonyl (C=O) groups is 1. The number of piperidine rings is 1. The van der Waals surface area contributed by atoms with Crippen molar-refractivity contribution in [1.82, 2.24) is 20.4 Å². The Bertz CT molecular complexity index is 1000. The van der Waals surface area contributed by atoms with Gasteiger partial charge >= 0.3 is 0 Å². The summed E-state index contributed by atoms with van der Waals surface area (Å²) >= 11 is 0.684. The number of carbonyl (C=O) groups excluding carboxylic acids is 1. The van der Waals surface area contributed by atoms with Crippen LogP contribution < -0.4 is 20.5 Å². The van der Waals surface area contributed by atoms with E-state index in [0.717, 1.165) is 24.3 Å². The van der Waals surface area contributed by atoms with Crippen molar-refractivity contribution < 1.29 is 17.9 Å². The van der Waals surface area contributed by atoms with Crippen LogP contribution in [-0.4, -0.2) is 55.7 Å². The van der Waals surface area contributed by atoms with Crippen molar-refractivity contribution in [2.45, 2.75) is 36.6 Å². The van der Waals surface area contributed by atoms with Crippen molar-refractivity contribution in [3.05, 3.63) is 42.1 Å². The average molecular weight is 481 g/mol. The highest BCUT2D eigenvalue weighted by Gasteiger charge is 2.15. The molecule has 0 atom stereocenters. The minimum atomic E-state index is -3.93. The molecule has 0 spiro atoms. The van der Waals surface area contributed by atoms with Crippen LogP contribution in [-0.2, 0) is 21.4 Å². The van der Waals surface area contributed by atoms with E-state index in [-0.39, 0.29) is 9.47 Å². The minimum absolute atomic E-state index is 0.0511. The number of nitrogens with one attached hydrogen (secondary N) is 2. The van der Waals surface area contributed by atoms with E-state index in [1.807, 2.05) is 24.3 Å². The number of rotatable bonds is 11. The first-order valence-electron chi connectivity index (χ1n) is 10.4. The number of amides is 1. The molecule has 1 aliphatic rings. The molecule has 10 nitrogen and oxygen atoms in total. The van der Waals surface area contributed by atoms with Gasteiger partial charge in [-0.25, -0.2) is 13.6 Å². The topological polar surface area (TPSA) is 140 Å². The second kappa shape index (κ2) is 11.9. The van der Waals surface area contributed by atoms with Gasteiger partial charge in [0.15, 0.2) is 0 Å². The van der Waals surface area contributed by atoms with Gasteiger partial charge in [0.05, 0.1) is 6.61 Å². The summed E-state index contributed by atoms with van der Waals surface area (Å²) in [6.07, 6.45) is 7.77. The maximum Gasteiger partial charge on any atom is 0.267 e. The number of primary sulfonamides is 1. The molecule has 174 valence electrons. The molecule has 1 aliphatic heterocycles. The number of nitrogens with zero attached hydrogens (tertiary/aromatic N) is 3. The molecule has 2 aromatic rings. The highest BCUT2D eigenvalue weighted by molar-refractivity contribution is 7.91. The standard InChI is InChI=1S/C20H28N6O4S2/c21-32(28,29)20-25-24-19(31-20)23-18(27)9-10-22-15-16-5-7-17(8-6-16)30-14-4-13-26-11-2-1-3-12-26/h5-10,22H,1-4,11-15H2,(H2,21,28,29)(H,23,24,27). The quantitative estimate of drug-likeness (QED) is 0.251. The maximum absolute atomic E-state index is 11.9. The zero-order chi connectivity index (χ0) is 22.8. The second-order valence-corrected chi connectivity index (χ2v) is 10.1. The van der Waals surface area contributed by atoms with E-state index >= 15 is 0 Å². The zero-order valence-electron chi connectivity index (χ0n) is 17.7. The molecule has 1 aromatic carbocycles. The third kappa shape index (κ3) is 8.19. The summed E-state index contributed by atoms with van der Waals surface area (Å²) in [7, 11) is -3.93. The van der Waals surface area contributed by atoms with Gasteiger partial charge in [0.1, 0.15) is 5.75 Å². The molecule has 12 heteroatoms. The Morgan fingerprint density at radius 2 is 1.94 bits per heavy atom. The Kier molecular flexibility index (Phi) is 8.97. The van der Waals surface area contributed by atoms with Crippen LogP contribution in [0.3, 0.4) is 0 Å². The Hall–Kier alpha value is -2.54. The van der Waals surface area contributed by atoms with E-state index in [2.05, 4.69) is 25.7 Å². The smallest absolute Gasteiger partial charge is 0.267 e. The predicted octanol–water partition coefficient (Wildman–Crippen LogP) is 1.68. The van der Waals surface area contributed by atoms with Crippen LogP contribution in [0.1, 0.15) is 31.2 Å². The molecule has 0 saturated carbocycles. The predicted molar refractivity (Wildman–Crippen MR) is 123 cm³/mol. The summed E-state index contributed by atoms with van der Waals surface area (Å²) in [4.78, 5) is 14.4. The fourth-order valence-electron chi connectivity index (χ4n) is 3.20. The van der Waals surface area contributed by atoms with E-state index in [9.17, 15) is 13.2 Å². The molecule has 0 bridgehead atoms. The maximum atomic E-state index is 11.9. The molecule has 1 amide bonds. The van der Waals surface area contributed by atoms with E-state index in [4.69, 9.17) is 9.88 Å². The summed E-state index contributed by atoms with van der Waals surface area (Å²) in [6, 6.07) is 7.81. The summed E-state index contributed by atoms with van der Waals surface area (Å²) < 4.78 is 27.8. The summed E-state index contributed by atoms with van der Waals surface area (Å²) in [5, 5.41) is 17.4. The largest absolute Gasteiger partial charge is 0.494 e. The van der Waals surface area contributed by atoms with E-state index in [0.29, 0.717) is 24.5 Å². The number of anilines is 1. The molecule has 1 aromatic heterocycles. The number of nitrogens with two attached hydrogens (primary N) is 1. The van der Waals surface area contributed by atoms with Crippen molar-refractivity contribution in [3.63, 3.8) is 0 Å². The molecule has 0 radical (unpaired) electrons. The number of likely N-dealkylation sites (tertiary alicyclic amines) is 1. The molecule has 4 N–H and O–H groups in total. The van der Waals surface area contributed by atoms with Crippen molar-refractivity contribution in [3.8, 4) is 5.75 Å². The first-order chi connectivity index (χ1) is 15.4. The van der Waals surface area contributed by atoms with Crippen LogP contribution in [0, 0.1) is 0 Å². The van der Waals surface area contributed by atoms with Crippen molar-refractivity contribution in [2.24, 2.45) is 5.14 Å². The number of aromatic nitrogens is 2. The molecule has 0 aliphatic carbocycles. The first kappa shape index (κ1) is 24.1. The lowest BCUT2D eigenvalue weighted by Gasteiger charge is -2.26. The Morgan fingerprint density at radius 1 is 1.19 bits per heavy atom.